The first-order valence-electron chi connectivity index (χ1n) is 6.82. The molecular weight excluding hydrogens is 269 g/mol. The van der Waals surface area contributed by atoms with E-state index < -0.39 is 0 Å². The van der Waals surface area contributed by atoms with Crippen LogP contribution < -0.4 is 5.32 Å². The summed E-state index contributed by atoms with van der Waals surface area (Å²) in [5, 5.41) is 13.4. The zero-order valence-electron chi connectivity index (χ0n) is 11.5. The average molecular weight is 285 g/mol. The van der Waals surface area contributed by atoms with Crippen molar-refractivity contribution in [2.75, 3.05) is 0 Å². The molecule has 0 atom stereocenters. The van der Waals surface area contributed by atoms with Gasteiger partial charge in [-0.1, -0.05) is 24.3 Å². The predicted octanol–water partition coefficient (Wildman–Crippen LogP) is 3.35. The van der Waals surface area contributed by atoms with Gasteiger partial charge in [-0.05, 0) is 29.8 Å². The summed E-state index contributed by atoms with van der Waals surface area (Å²) in [5.74, 6) is 0.485. The van der Waals surface area contributed by atoms with Gasteiger partial charge in [0.25, 0.3) is 0 Å². The second kappa shape index (κ2) is 6.08. The van der Waals surface area contributed by atoms with Gasteiger partial charge < -0.3 is 14.8 Å². The minimum Gasteiger partial charge on any atom is -0.460 e. The third-order valence-corrected chi connectivity index (χ3v) is 3.39. The Bertz CT molecular complexity index is 718. The highest BCUT2D eigenvalue weighted by Gasteiger charge is 2.04. The van der Waals surface area contributed by atoms with Gasteiger partial charge in [-0.2, -0.15) is 0 Å². The predicted molar refractivity (Wildman–Crippen MR) is 79.1 cm³/mol. The molecule has 21 heavy (non-hydrogen) atoms. The van der Waals surface area contributed by atoms with E-state index >= 15 is 0 Å². The third-order valence-electron chi connectivity index (χ3n) is 3.39. The van der Waals surface area contributed by atoms with Crippen LogP contribution in [0.1, 0.15) is 16.9 Å². The molecule has 2 aromatic carbocycles. The molecule has 3 nitrogen and oxygen atoms in total. The molecule has 1 heterocycles. The van der Waals surface area contributed by atoms with Crippen molar-refractivity contribution in [1.82, 2.24) is 5.32 Å². The summed E-state index contributed by atoms with van der Waals surface area (Å²) >= 11 is 0. The topological polar surface area (TPSA) is 45.4 Å². The van der Waals surface area contributed by atoms with Crippen LogP contribution in [0.5, 0.6) is 0 Å². The third kappa shape index (κ3) is 3.12. The standard InChI is InChI=1S/C17H16FNO2/c18-16-6-5-12(7-14(16)11-20)9-19-10-15-8-13-3-1-2-4-17(13)21-15/h1-8,19-20H,9-11H2. The number of para-hydroxylation sites is 1. The van der Waals surface area contributed by atoms with Crippen LogP contribution in [0, 0.1) is 5.82 Å². The molecule has 0 aliphatic heterocycles. The van der Waals surface area contributed by atoms with E-state index in [1.165, 1.54) is 6.07 Å². The maximum Gasteiger partial charge on any atom is 0.134 e. The molecule has 0 saturated carbocycles. The molecule has 3 aromatic rings. The second-order valence-corrected chi connectivity index (χ2v) is 4.94. The number of nitrogens with one attached hydrogen (secondary N) is 1. The van der Waals surface area contributed by atoms with E-state index in [2.05, 4.69) is 5.32 Å². The van der Waals surface area contributed by atoms with E-state index in [0.29, 0.717) is 18.7 Å². The average Bonchev–Trinajstić information content (AvgIpc) is 2.91. The van der Waals surface area contributed by atoms with Crippen LogP contribution in [0.15, 0.2) is 52.9 Å². The number of fused-ring (bicyclic) bond motifs is 1. The molecule has 0 fully saturated rings. The fourth-order valence-electron chi connectivity index (χ4n) is 2.31. The largest absolute Gasteiger partial charge is 0.460 e. The summed E-state index contributed by atoms with van der Waals surface area (Å²) in [6.45, 7) is 0.897. The number of furan rings is 1. The van der Waals surface area contributed by atoms with E-state index in [-0.39, 0.29) is 12.4 Å². The van der Waals surface area contributed by atoms with Crippen molar-refractivity contribution in [3.8, 4) is 0 Å². The van der Waals surface area contributed by atoms with Gasteiger partial charge in [0.2, 0.25) is 0 Å². The number of aliphatic hydroxyl groups is 1. The molecular formula is C17H16FNO2. The van der Waals surface area contributed by atoms with Gasteiger partial charge in [-0.15, -0.1) is 0 Å². The smallest absolute Gasteiger partial charge is 0.134 e. The van der Waals surface area contributed by atoms with Crippen LogP contribution in [-0.4, -0.2) is 5.11 Å². The van der Waals surface area contributed by atoms with E-state index in [1.807, 2.05) is 30.3 Å². The van der Waals surface area contributed by atoms with Crippen molar-refractivity contribution in [2.24, 2.45) is 0 Å². The summed E-state index contributed by atoms with van der Waals surface area (Å²) in [6.07, 6.45) is 0. The first kappa shape index (κ1) is 13.8. The van der Waals surface area contributed by atoms with Crippen LogP contribution in [0.25, 0.3) is 11.0 Å². The van der Waals surface area contributed by atoms with Crippen molar-refractivity contribution < 1.29 is 13.9 Å². The molecule has 0 unspecified atom stereocenters. The Hall–Kier alpha value is -2.17. The van der Waals surface area contributed by atoms with Crippen LogP contribution in [0.2, 0.25) is 0 Å². The number of benzene rings is 2. The van der Waals surface area contributed by atoms with Gasteiger partial charge in [-0.3, -0.25) is 0 Å². The molecule has 0 amide bonds. The first-order chi connectivity index (χ1) is 10.3. The summed E-state index contributed by atoms with van der Waals surface area (Å²) in [7, 11) is 0. The highest BCUT2D eigenvalue weighted by Crippen LogP contribution is 2.18. The number of halogens is 1. The maximum atomic E-state index is 13.3. The van der Waals surface area contributed by atoms with Gasteiger partial charge in [-0.25, -0.2) is 4.39 Å². The molecule has 2 N–H and O–H groups in total. The Morgan fingerprint density at radius 3 is 2.71 bits per heavy atom. The van der Waals surface area contributed by atoms with E-state index in [9.17, 15) is 4.39 Å². The van der Waals surface area contributed by atoms with Crippen LogP contribution in [0.4, 0.5) is 4.39 Å². The molecule has 1 aromatic heterocycles. The quantitative estimate of drug-likeness (QED) is 0.755. The molecule has 0 spiro atoms. The Kier molecular flexibility index (Phi) is 3.99. The van der Waals surface area contributed by atoms with Crippen molar-refractivity contribution >= 4 is 11.0 Å². The Labute approximate surface area is 122 Å². The Morgan fingerprint density at radius 1 is 1.05 bits per heavy atom. The number of aliphatic hydroxyl groups excluding tert-OH is 1. The molecule has 0 bridgehead atoms. The molecule has 4 heteroatoms. The number of hydrogen-bond donors (Lipinski definition) is 2. The van der Waals surface area contributed by atoms with E-state index in [4.69, 9.17) is 9.52 Å². The van der Waals surface area contributed by atoms with Crippen molar-refractivity contribution in [2.45, 2.75) is 19.7 Å². The minimum atomic E-state index is -0.376. The minimum absolute atomic E-state index is 0.288. The highest BCUT2D eigenvalue weighted by atomic mass is 19.1. The molecule has 0 aliphatic rings. The normalized spacial score (nSPS) is 11.1. The lowest BCUT2D eigenvalue weighted by Crippen LogP contribution is -2.12. The molecule has 0 radical (unpaired) electrons. The SMILES string of the molecule is OCc1cc(CNCc2cc3ccccc3o2)ccc1F. The van der Waals surface area contributed by atoms with Gasteiger partial charge in [0.15, 0.2) is 0 Å². The molecule has 0 aliphatic carbocycles. The van der Waals surface area contributed by atoms with Gasteiger partial charge >= 0.3 is 0 Å². The van der Waals surface area contributed by atoms with E-state index in [0.717, 1.165) is 22.3 Å². The molecule has 108 valence electrons. The van der Waals surface area contributed by atoms with Gasteiger partial charge in [0.1, 0.15) is 17.2 Å². The fourth-order valence-corrected chi connectivity index (χ4v) is 2.31. The maximum absolute atomic E-state index is 13.3. The second-order valence-electron chi connectivity index (χ2n) is 4.94. The molecule has 3 rings (SSSR count). The summed E-state index contributed by atoms with van der Waals surface area (Å²) < 4.78 is 19.0. The summed E-state index contributed by atoms with van der Waals surface area (Å²) in [5.41, 5.74) is 2.12. The van der Waals surface area contributed by atoms with Crippen molar-refractivity contribution in [1.29, 1.82) is 0 Å². The van der Waals surface area contributed by atoms with Crippen LogP contribution >= 0.6 is 0 Å². The Balaban J connectivity index is 1.63. The zero-order chi connectivity index (χ0) is 14.7. The Morgan fingerprint density at radius 2 is 1.90 bits per heavy atom. The highest BCUT2D eigenvalue weighted by molar-refractivity contribution is 5.77. The van der Waals surface area contributed by atoms with Gasteiger partial charge in [0.05, 0.1) is 13.2 Å². The van der Waals surface area contributed by atoms with Crippen molar-refractivity contribution in [3.63, 3.8) is 0 Å². The first-order valence-corrected chi connectivity index (χ1v) is 6.82. The summed E-state index contributed by atoms with van der Waals surface area (Å²) in [6, 6.07) is 14.6. The lowest BCUT2D eigenvalue weighted by molar-refractivity contribution is 0.275. The van der Waals surface area contributed by atoms with Gasteiger partial charge in [0, 0.05) is 17.5 Å². The number of hydrogen-bond acceptors (Lipinski definition) is 3. The fraction of sp³-hybridized carbons (Fsp3) is 0.176. The van der Waals surface area contributed by atoms with Crippen LogP contribution in [0.3, 0.4) is 0 Å². The zero-order valence-corrected chi connectivity index (χ0v) is 11.5. The van der Waals surface area contributed by atoms with E-state index in [1.54, 1.807) is 12.1 Å². The lowest BCUT2D eigenvalue weighted by atomic mass is 10.1. The monoisotopic (exact) mass is 285 g/mol. The summed E-state index contributed by atoms with van der Waals surface area (Å²) in [4.78, 5) is 0. The van der Waals surface area contributed by atoms with Crippen LogP contribution in [-0.2, 0) is 19.7 Å². The molecule has 0 saturated heterocycles. The number of rotatable bonds is 5. The van der Waals surface area contributed by atoms with Crippen molar-refractivity contribution in [3.05, 3.63) is 71.2 Å². The lowest BCUT2D eigenvalue weighted by Gasteiger charge is -2.06.